The summed E-state index contributed by atoms with van der Waals surface area (Å²) in [6, 6.07) is 1.98. The van der Waals surface area contributed by atoms with Crippen molar-refractivity contribution in [2.75, 3.05) is 0 Å². The molecule has 0 aliphatic carbocycles. The third-order valence-corrected chi connectivity index (χ3v) is 2.73. The van der Waals surface area contributed by atoms with Crippen LogP contribution in [0.1, 0.15) is 38.1 Å². The van der Waals surface area contributed by atoms with Crippen LogP contribution in [0.4, 0.5) is 0 Å². The van der Waals surface area contributed by atoms with Gasteiger partial charge in [-0.25, -0.2) is 0 Å². The fourth-order valence-corrected chi connectivity index (χ4v) is 1.95. The second-order valence-electron chi connectivity index (χ2n) is 4.12. The minimum atomic E-state index is -0.705. The quantitative estimate of drug-likeness (QED) is 0.806. The van der Waals surface area contributed by atoms with Crippen LogP contribution in [-0.2, 0) is 17.8 Å². The average molecular weight is 224 g/mol. The molecule has 1 atom stereocenters. The monoisotopic (exact) mass is 224 g/mol. The van der Waals surface area contributed by atoms with Gasteiger partial charge < -0.3 is 5.11 Å². The highest BCUT2D eigenvalue weighted by Gasteiger charge is 2.19. The number of aryl methyl sites for hydroxylation is 2. The summed E-state index contributed by atoms with van der Waals surface area (Å²) in [6.07, 6.45) is 2.21. The Kier molecular flexibility index (Phi) is 4.52. The summed E-state index contributed by atoms with van der Waals surface area (Å²) in [4.78, 5) is 11.1. The summed E-state index contributed by atoms with van der Waals surface area (Å²) in [7, 11) is 0. The zero-order chi connectivity index (χ0) is 12.1. The predicted molar refractivity (Wildman–Crippen MR) is 62.4 cm³/mol. The maximum Gasteiger partial charge on any atom is 0.306 e. The topological polar surface area (TPSA) is 55.1 Å². The summed E-state index contributed by atoms with van der Waals surface area (Å²) >= 11 is 0. The molecule has 0 fully saturated rings. The van der Waals surface area contributed by atoms with Crippen LogP contribution >= 0.6 is 0 Å². The van der Waals surface area contributed by atoms with Crippen molar-refractivity contribution >= 4 is 5.97 Å². The van der Waals surface area contributed by atoms with E-state index in [-0.39, 0.29) is 5.92 Å². The van der Waals surface area contributed by atoms with Gasteiger partial charge in [0.15, 0.2) is 0 Å². The van der Waals surface area contributed by atoms with Crippen molar-refractivity contribution in [3.05, 3.63) is 17.5 Å². The number of nitrogens with zero attached hydrogens (tertiary/aromatic N) is 2. The number of hydrogen-bond acceptors (Lipinski definition) is 2. The number of carboxylic acids is 1. The van der Waals surface area contributed by atoms with Gasteiger partial charge in [0.2, 0.25) is 0 Å². The van der Waals surface area contributed by atoms with Crippen LogP contribution < -0.4 is 0 Å². The first kappa shape index (κ1) is 12.7. The Morgan fingerprint density at radius 1 is 1.56 bits per heavy atom. The molecule has 1 aromatic rings. The van der Waals surface area contributed by atoms with Gasteiger partial charge in [0.05, 0.1) is 11.6 Å². The highest BCUT2D eigenvalue weighted by Crippen LogP contribution is 2.15. The zero-order valence-electron chi connectivity index (χ0n) is 10.2. The van der Waals surface area contributed by atoms with Crippen molar-refractivity contribution in [1.82, 2.24) is 9.78 Å². The summed E-state index contributed by atoms with van der Waals surface area (Å²) < 4.78 is 1.89. The molecule has 4 heteroatoms. The summed E-state index contributed by atoms with van der Waals surface area (Å²) in [5.41, 5.74) is 1.98. The van der Waals surface area contributed by atoms with Gasteiger partial charge in [-0.15, -0.1) is 0 Å². The lowest BCUT2D eigenvalue weighted by molar-refractivity contribution is -0.142. The number of rotatable bonds is 6. The number of carbonyl (C=O) groups is 1. The van der Waals surface area contributed by atoms with Gasteiger partial charge in [-0.05, 0) is 26.3 Å². The van der Waals surface area contributed by atoms with Gasteiger partial charge in [-0.1, -0.05) is 13.3 Å². The summed E-state index contributed by atoms with van der Waals surface area (Å²) in [6.45, 7) is 6.76. The first-order chi connectivity index (χ1) is 7.58. The zero-order valence-corrected chi connectivity index (χ0v) is 10.2. The number of hydrogen-bond donors (Lipinski definition) is 1. The lowest BCUT2D eigenvalue weighted by atomic mass is 9.98. The van der Waals surface area contributed by atoms with E-state index in [4.69, 9.17) is 5.11 Å². The smallest absolute Gasteiger partial charge is 0.306 e. The molecule has 0 saturated heterocycles. The normalized spacial score (nSPS) is 12.7. The third kappa shape index (κ3) is 3.08. The number of aromatic nitrogens is 2. The average Bonchev–Trinajstić information content (AvgIpc) is 2.58. The highest BCUT2D eigenvalue weighted by molar-refractivity contribution is 5.70. The van der Waals surface area contributed by atoms with E-state index in [2.05, 4.69) is 5.10 Å². The van der Waals surface area contributed by atoms with Crippen molar-refractivity contribution in [2.24, 2.45) is 5.92 Å². The lowest BCUT2D eigenvalue weighted by Crippen LogP contribution is -2.18. The summed E-state index contributed by atoms with van der Waals surface area (Å²) in [5.74, 6) is -0.991. The fraction of sp³-hybridized carbons (Fsp3) is 0.667. The molecular formula is C12H20N2O2. The third-order valence-electron chi connectivity index (χ3n) is 2.73. The molecule has 0 amide bonds. The molecule has 1 unspecified atom stereocenters. The molecule has 1 rings (SSSR count). The van der Waals surface area contributed by atoms with E-state index in [1.807, 2.05) is 31.5 Å². The van der Waals surface area contributed by atoms with Gasteiger partial charge in [-0.2, -0.15) is 5.10 Å². The van der Waals surface area contributed by atoms with Gasteiger partial charge in [0, 0.05) is 18.7 Å². The maximum atomic E-state index is 11.1. The van der Waals surface area contributed by atoms with Crippen molar-refractivity contribution < 1.29 is 9.90 Å². The van der Waals surface area contributed by atoms with Crippen molar-refractivity contribution in [3.63, 3.8) is 0 Å². The van der Waals surface area contributed by atoms with Crippen LogP contribution in [0.25, 0.3) is 0 Å². The molecule has 0 aromatic carbocycles. The molecule has 90 valence electrons. The van der Waals surface area contributed by atoms with E-state index in [9.17, 15) is 4.79 Å². The van der Waals surface area contributed by atoms with Crippen molar-refractivity contribution in [2.45, 2.75) is 46.6 Å². The first-order valence-electron chi connectivity index (χ1n) is 5.84. The number of aliphatic carboxylic acids is 1. The Hall–Kier alpha value is -1.32. The Morgan fingerprint density at radius 3 is 2.75 bits per heavy atom. The molecule has 0 bridgehead atoms. The van der Waals surface area contributed by atoms with E-state index < -0.39 is 5.97 Å². The molecule has 0 spiro atoms. The Balaban J connectivity index is 2.79. The van der Waals surface area contributed by atoms with Gasteiger partial charge in [0.1, 0.15) is 0 Å². The van der Waals surface area contributed by atoms with Crippen LogP contribution in [0.2, 0.25) is 0 Å². The molecule has 0 saturated carbocycles. The molecule has 1 aromatic heterocycles. The van der Waals surface area contributed by atoms with E-state index in [1.165, 1.54) is 0 Å². The van der Waals surface area contributed by atoms with Crippen LogP contribution in [-0.4, -0.2) is 20.9 Å². The molecule has 16 heavy (non-hydrogen) atoms. The minimum Gasteiger partial charge on any atom is -0.481 e. The van der Waals surface area contributed by atoms with Gasteiger partial charge >= 0.3 is 5.97 Å². The standard InChI is InChI=1S/C12H20N2O2/c1-4-6-10(12(15)16)8-11-7-9(3)13-14(11)5-2/h7,10H,4-6,8H2,1-3H3,(H,15,16). The summed E-state index contributed by atoms with van der Waals surface area (Å²) in [5, 5.41) is 13.4. The molecule has 0 aliphatic rings. The van der Waals surface area contributed by atoms with Gasteiger partial charge in [-0.3, -0.25) is 9.48 Å². The van der Waals surface area contributed by atoms with E-state index in [0.717, 1.165) is 30.8 Å². The van der Waals surface area contributed by atoms with Gasteiger partial charge in [0.25, 0.3) is 0 Å². The highest BCUT2D eigenvalue weighted by atomic mass is 16.4. The van der Waals surface area contributed by atoms with Crippen LogP contribution in [0, 0.1) is 12.8 Å². The van der Waals surface area contributed by atoms with Crippen molar-refractivity contribution in [3.8, 4) is 0 Å². The molecule has 0 radical (unpaired) electrons. The van der Waals surface area contributed by atoms with Crippen LogP contribution in [0.5, 0.6) is 0 Å². The predicted octanol–water partition coefficient (Wildman–Crippen LogP) is 2.25. The maximum absolute atomic E-state index is 11.1. The molecule has 4 nitrogen and oxygen atoms in total. The van der Waals surface area contributed by atoms with E-state index in [1.54, 1.807) is 0 Å². The molecule has 1 heterocycles. The van der Waals surface area contributed by atoms with Crippen molar-refractivity contribution in [1.29, 1.82) is 0 Å². The van der Waals surface area contributed by atoms with Crippen LogP contribution in [0.15, 0.2) is 6.07 Å². The lowest BCUT2D eigenvalue weighted by Gasteiger charge is -2.11. The molecular weight excluding hydrogens is 204 g/mol. The fourth-order valence-electron chi connectivity index (χ4n) is 1.95. The number of carboxylic acid groups (broad SMARTS) is 1. The Morgan fingerprint density at radius 2 is 2.25 bits per heavy atom. The molecule has 1 N–H and O–H groups in total. The first-order valence-corrected chi connectivity index (χ1v) is 5.84. The Labute approximate surface area is 96.3 Å². The second-order valence-corrected chi connectivity index (χ2v) is 4.12. The van der Waals surface area contributed by atoms with Crippen LogP contribution in [0.3, 0.4) is 0 Å². The van der Waals surface area contributed by atoms with E-state index in [0.29, 0.717) is 6.42 Å². The largest absolute Gasteiger partial charge is 0.481 e. The second kappa shape index (κ2) is 5.68. The minimum absolute atomic E-state index is 0.286. The SMILES string of the molecule is CCCC(Cc1cc(C)nn1CC)C(=O)O. The van der Waals surface area contributed by atoms with E-state index >= 15 is 0 Å². The molecule has 0 aliphatic heterocycles. The Bertz CT molecular complexity index is 358.